The number of likely N-dealkylation sites (tertiary alicyclic amines) is 1. The highest BCUT2D eigenvalue weighted by Gasteiger charge is 2.22. The molecule has 0 aliphatic carbocycles. The Morgan fingerprint density at radius 3 is 2.65 bits per heavy atom. The van der Waals surface area contributed by atoms with Crippen molar-refractivity contribution in [1.82, 2.24) is 4.90 Å². The lowest BCUT2D eigenvalue weighted by molar-refractivity contribution is 0.273. The van der Waals surface area contributed by atoms with Crippen LogP contribution >= 0.6 is 24.0 Å². The van der Waals surface area contributed by atoms with Gasteiger partial charge in [-0.15, -0.1) is 24.0 Å². The lowest BCUT2D eigenvalue weighted by Crippen LogP contribution is -2.33. The molecule has 23 heavy (non-hydrogen) atoms. The fourth-order valence-corrected chi connectivity index (χ4v) is 3.04. The number of guanidine groups is 1. The van der Waals surface area contributed by atoms with Gasteiger partial charge in [0.15, 0.2) is 5.96 Å². The van der Waals surface area contributed by atoms with Gasteiger partial charge >= 0.3 is 0 Å². The summed E-state index contributed by atoms with van der Waals surface area (Å²) in [5.74, 6) is 1.11. The van der Waals surface area contributed by atoms with Crippen LogP contribution in [0, 0.1) is 0 Å². The van der Waals surface area contributed by atoms with Crippen LogP contribution in [-0.4, -0.2) is 36.5 Å². The summed E-state index contributed by atoms with van der Waals surface area (Å²) >= 11 is 0. The van der Waals surface area contributed by atoms with Gasteiger partial charge in [-0.3, -0.25) is 9.89 Å². The average Bonchev–Trinajstić information content (AvgIpc) is 3.00. The normalized spacial score (nSPS) is 20.1. The minimum Gasteiger partial charge on any atom is -0.370 e. The van der Waals surface area contributed by atoms with Crippen LogP contribution in [0.2, 0.25) is 0 Å². The zero-order chi connectivity index (χ0) is 15.9. The zero-order valence-corrected chi connectivity index (χ0v) is 16.9. The van der Waals surface area contributed by atoms with Crippen LogP contribution in [0.4, 0.5) is 5.69 Å². The maximum Gasteiger partial charge on any atom is 0.193 e. The largest absolute Gasteiger partial charge is 0.370 e. The van der Waals surface area contributed by atoms with E-state index in [0.29, 0.717) is 17.9 Å². The van der Waals surface area contributed by atoms with Gasteiger partial charge in [0, 0.05) is 11.7 Å². The second-order valence-corrected chi connectivity index (χ2v) is 6.21. The number of benzene rings is 1. The molecule has 1 aromatic rings. The first kappa shape index (κ1) is 20.2. The third kappa shape index (κ3) is 5.95. The Labute approximate surface area is 157 Å². The van der Waals surface area contributed by atoms with Gasteiger partial charge in [-0.1, -0.05) is 32.9 Å². The Bertz CT molecular complexity index is 486. The fraction of sp³-hybridized carbons (Fsp3) is 0.611. The zero-order valence-electron chi connectivity index (χ0n) is 14.6. The van der Waals surface area contributed by atoms with E-state index in [0.717, 1.165) is 25.2 Å². The van der Waals surface area contributed by atoms with E-state index in [1.165, 1.54) is 24.9 Å². The number of nitrogens with one attached hydrogen (secondary N) is 1. The molecule has 1 fully saturated rings. The van der Waals surface area contributed by atoms with Gasteiger partial charge in [-0.25, -0.2) is 0 Å². The summed E-state index contributed by atoms with van der Waals surface area (Å²) in [6.07, 6.45) is 3.67. The molecule has 2 atom stereocenters. The molecule has 1 aliphatic rings. The van der Waals surface area contributed by atoms with Crippen molar-refractivity contribution in [3.63, 3.8) is 0 Å². The van der Waals surface area contributed by atoms with E-state index in [1.54, 1.807) is 0 Å². The molecule has 2 rings (SSSR count). The van der Waals surface area contributed by atoms with Crippen LogP contribution in [0.5, 0.6) is 0 Å². The molecular weight excluding hydrogens is 399 g/mol. The smallest absolute Gasteiger partial charge is 0.193 e. The summed E-state index contributed by atoms with van der Waals surface area (Å²) in [5.41, 5.74) is 8.39. The highest BCUT2D eigenvalue weighted by molar-refractivity contribution is 14.0. The van der Waals surface area contributed by atoms with E-state index in [4.69, 9.17) is 5.73 Å². The number of hydrogen-bond donors (Lipinski definition) is 2. The monoisotopic (exact) mass is 430 g/mol. The fourth-order valence-electron chi connectivity index (χ4n) is 3.04. The van der Waals surface area contributed by atoms with Crippen molar-refractivity contribution in [1.29, 1.82) is 0 Å². The van der Waals surface area contributed by atoms with E-state index in [1.807, 2.05) is 0 Å². The van der Waals surface area contributed by atoms with Crippen molar-refractivity contribution in [2.75, 3.05) is 25.0 Å². The number of rotatable bonds is 6. The van der Waals surface area contributed by atoms with E-state index in [-0.39, 0.29) is 24.0 Å². The Balaban J connectivity index is 0.00000264. The van der Waals surface area contributed by atoms with Crippen molar-refractivity contribution in [2.45, 2.75) is 52.0 Å². The highest BCUT2D eigenvalue weighted by atomic mass is 127. The number of nitrogens with zero attached hydrogens (tertiary/aromatic N) is 2. The minimum atomic E-state index is 0. The second kappa shape index (κ2) is 10.1. The first-order valence-electron chi connectivity index (χ1n) is 8.55. The summed E-state index contributed by atoms with van der Waals surface area (Å²) in [5, 5.41) is 3.19. The number of nitrogens with two attached hydrogens (primary N) is 1. The molecular formula is C18H31IN4. The third-order valence-corrected chi connectivity index (χ3v) is 4.74. The van der Waals surface area contributed by atoms with Crippen molar-refractivity contribution in [2.24, 2.45) is 10.7 Å². The molecule has 2 unspecified atom stereocenters. The third-order valence-electron chi connectivity index (χ3n) is 4.74. The molecule has 0 spiro atoms. The molecule has 1 aromatic carbocycles. The molecule has 0 amide bonds. The molecule has 0 radical (unpaired) electrons. The van der Waals surface area contributed by atoms with Gasteiger partial charge in [0.25, 0.3) is 0 Å². The standard InChI is InChI=1S/C18H30N4.HI/c1-4-14(3)15-8-10-16(11-9-15)21-18(19)20-13-17-7-6-12-22(17)5-2;/h8-11,14,17H,4-7,12-13H2,1-3H3,(H3,19,20,21);1H. The van der Waals surface area contributed by atoms with Gasteiger partial charge in [0.05, 0.1) is 6.54 Å². The van der Waals surface area contributed by atoms with Gasteiger partial charge in [0.1, 0.15) is 0 Å². The van der Waals surface area contributed by atoms with Crippen LogP contribution in [0.3, 0.4) is 0 Å². The van der Waals surface area contributed by atoms with Crippen LogP contribution in [0.15, 0.2) is 29.3 Å². The molecule has 5 heteroatoms. The number of likely N-dealkylation sites (N-methyl/N-ethyl adjacent to an activating group) is 1. The predicted molar refractivity (Wildman–Crippen MR) is 111 cm³/mol. The Kier molecular flexibility index (Phi) is 8.91. The van der Waals surface area contributed by atoms with Crippen LogP contribution in [0.25, 0.3) is 0 Å². The summed E-state index contributed by atoms with van der Waals surface area (Å²) < 4.78 is 0. The molecule has 1 saturated heterocycles. The number of anilines is 1. The van der Waals surface area contributed by atoms with Crippen LogP contribution < -0.4 is 11.1 Å². The summed E-state index contributed by atoms with van der Waals surface area (Å²) in [4.78, 5) is 7.00. The lowest BCUT2D eigenvalue weighted by Gasteiger charge is -2.21. The molecule has 130 valence electrons. The molecule has 0 aromatic heterocycles. The van der Waals surface area contributed by atoms with E-state index >= 15 is 0 Å². The van der Waals surface area contributed by atoms with Gasteiger partial charge < -0.3 is 11.1 Å². The SMILES string of the molecule is CCC(C)c1ccc(NC(N)=NCC2CCCN2CC)cc1.I. The average molecular weight is 430 g/mol. The number of hydrogen-bond acceptors (Lipinski definition) is 2. The second-order valence-electron chi connectivity index (χ2n) is 6.21. The number of aliphatic imine (C=N–C) groups is 1. The summed E-state index contributed by atoms with van der Waals surface area (Å²) in [6.45, 7) is 9.76. The Morgan fingerprint density at radius 2 is 2.04 bits per heavy atom. The van der Waals surface area contributed by atoms with Crippen LogP contribution in [0.1, 0.15) is 51.5 Å². The highest BCUT2D eigenvalue weighted by Crippen LogP contribution is 2.20. The van der Waals surface area contributed by atoms with Crippen LogP contribution in [-0.2, 0) is 0 Å². The summed E-state index contributed by atoms with van der Waals surface area (Å²) in [6, 6.07) is 9.05. The molecule has 1 aliphatic heterocycles. The van der Waals surface area contributed by atoms with Crippen molar-refractivity contribution < 1.29 is 0 Å². The molecule has 0 bridgehead atoms. The summed E-state index contributed by atoms with van der Waals surface area (Å²) in [7, 11) is 0. The van der Waals surface area contributed by atoms with Gasteiger partial charge in [-0.2, -0.15) is 0 Å². The maximum atomic E-state index is 6.02. The lowest BCUT2D eigenvalue weighted by atomic mass is 9.99. The first-order chi connectivity index (χ1) is 10.6. The maximum absolute atomic E-state index is 6.02. The topological polar surface area (TPSA) is 53.6 Å². The van der Waals surface area contributed by atoms with Gasteiger partial charge in [-0.05, 0) is 56.0 Å². The quantitative estimate of drug-likeness (QED) is 0.407. The van der Waals surface area contributed by atoms with E-state index < -0.39 is 0 Å². The van der Waals surface area contributed by atoms with Gasteiger partial charge in [0.2, 0.25) is 0 Å². The van der Waals surface area contributed by atoms with Crippen molar-refractivity contribution >= 4 is 35.6 Å². The molecule has 1 heterocycles. The first-order valence-corrected chi connectivity index (χ1v) is 8.55. The molecule has 0 saturated carbocycles. The minimum absolute atomic E-state index is 0. The van der Waals surface area contributed by atoms with E-state index in [9.17, 15) is 0 Å². The Morgan fingerprint density at radius 1 is 1.35 bits per heavy atom. The van der Waals surface area contributed by atoms with Crippen molar-refractivity contribution in [3.8, 4) is 0 Å². The number of halogens is 1. The van der Waals surface area contributed by atoms with E-state index in [2.05, 4.69) is 60.2 Å². The predicted octanol–water partition coefficient (Wildman–Crippen LogP) is 4.03. The Hall–Kier alpha value is -0.820. The molecule has 4 nitrogen and oxygen atoms in total. The van der Waals surface area contributed by atoms with Crippen molar-refractivity contribution in [3.05, 3.63) is 29.8 Å². The molecule has 3 N–H and O–H groups in total.